The van der Waals surface area contributed by atoms with Crippen LogP contribution in [0.4, 0.5) is 0 Å². The van der Waals surface area contributed by atoms with E-state index in [1.807, 2.05) is 17.5 Å². The highest BCUT2D eigenvalue weighted by Gasteiger charge is 2.21. The summed E-state index contributed by atoms with van der Waals surface area (Å²) in [7, 11) is 1.78. The minimum atomic E-state index is -0.921. The van der Waals surface area contributed by atoms with Gasteiger partial charge in [-0.05, 0) is 18.5 Å². The maximum absolute atomic E-state index is 11.9. The van der Waals surface area contributed by atoms with E-state index in [0.717, 1.165) is 4.88 Å². The molecule has 0 saturated carbocycles. The molecule has 0 aliphatic carbocycles. The summed E-state index contributed by atoms with van der Waals surface area (Å²) in [6.07, 6.45) is -0.0987. The van der Waals surface area contributed by atoms with Gasteiger partial charge in [0.15, 0.2) is 0 Å². The second-order valence-corrected chi connectivity index (χ2v) is 5.11. The standard InChI is InChI=1S/C12H18N2O3S/c1-8(7-13-2)12(17)14-9(6-11(15)16)10-4-3-5-18-10/h3-5,8-9,13H,6-7H2,1-2H3,(H,14,17)(H,15,16). The Morgan fingerprint density at radius 1 is 1.50 bits per heavy atom. The first-order valence-electron chi connectivity index (χ1n) is 5.74. The van der Waals surface area contributed by atoms with Crippen LogP contribution in [0.15, 0.2) is 17.5 Å². The number of carboxylic acids is 1. The number of rotatable bonds is 7. The number of carbonyl (C=O) groups is 2. The number of nitrogens with one attached hydrogen (secondary N) is 2. The molecule has 0 spiro atoms. The van der Waals surface area contributed by atoms with E-state index in [0.29, 0.717) is 6.54 Å². The summed E-state index contributed by atoms with van der Waals surface area (Å²) in [5.74, 6) is -1.25. The fraction of sp³-hybridized carbons (Fsp3) is 0.500. The smallest absolute Gasteiger partial charge is 0.305 e. The average molecular weight is 270 g/mol. The SMILES string of the molecule is CNCC(C)C(=O)NC(CC(=O)O)c1cccs1. The molecular weight excluding hydrogens is 252 g/mol. The van der Waals surface area contributed by atoms with Crippen LogP contribution >= 0.6 is 11.3 Å². The Hall–Kier alpha value is -1.40. The lowest BCUT2D eigenvalue weighted by molar-refractivity contribution is -0.137. The van der Waals surface area contributed by atoms with E-state index in [1.165, 1.54) is 11.3 Å². The molecule has 5 nitrogen and oxygen atoms in total. The molecular formula is C12H18N2O3S. The molecule has 0 bridgehead atoms. The van der Waals surface area contributed by atoms with Gasteiger partial charge < -0.3 is 15.7 Å². The highest BCUT2D eigenvalue weighted by molar-refractivity contribution is 7.10. The number of amides is 1. The summed E-state index contributed by atoms with van der Waals surface area (Å²) in [4.78, 5) is 23.6. The zero-order valence-electron chi connectivity index (χ0n) is 10.5. The number of carboxylic acid groups (broad SMARTS) is 1. The summed E-state index contributed by atoms with van der Waals surface area (Å²) in [5, 5.41) is 16.5. The van der Waals surface area contributed by atoms with Crippen molar-refractivity contribution >= 4 is 23.2 Å². The monoisotopic (exact) mass is 270 g/mol. The van der Waals surface area contributed by atoms with Crippen molar-refractivity contribution in [2.45, 2.75) is 19.4 Å². The second-order valence-electron chi connectivity index (χ2n) is 4.13. The van der Waals surface area contributed by atoms with Gasteiger partial charge in [-0.25, -0.2) is 0 Å². The van der Waals surface area contributed by atoms with E-state index in [1.54, 1.807) is 14.0 Å². The van der Waals surface area contributed by atoms with Gasteiger partial charge in [0.2, 0.25) is 5.91 Å². The van der Waals surface area contributed by atoms with Crippen LogP contribution in [0.5, 0.6) is 0 Å². The van der Waals surface area contributed by atoms with E-state index in [-0.39, 0.29) is 18.2 Å². The molecule has 2 atom stereocenters. The molecule has 2 unspecified atom stereocenters. The lowest BCUT2D eigenvalue weighted by atomic mass is 10.1. The number of aliphatic carboxylic acids is 1. The molecule has 1 rings (SSSR count). The van der Waals surface area contributed by atoms with Crippen molar-refractivity contribution in [3.8, 4) is 0 Å². The quantitative estimate of drug-likeness (QED) is 0.696. The van der Waals surface area contributed by atoms with Crippen molar-refractivity contribution in [1.82, 2.24) is 10.6 Å². The highest BCUT2D eigenvalue weighted by Crippen LogP contribution is 2.22. The van der Waals surface area contributed by atoms with E-state index in [4.69, 9.17) is 5.11 Å². The third kappa shape index (κ3) is 4.46. The topological polar surface area (TPSA) is 78.4 Å². The molecule has 0 aliphatic rings. The predicted octanol–water partition coefficient (Wildman–Crippen LogP) is 1.24. The van der Waals surface area contributed by atoms with E-state index < -0.39 is 12.0 Å². The zero-order chi connectivity index (χ0) is 13.5. The van der Waals surface area contributed by atoms with Crippen molar-refractivity contribution in [2.75, 3.05) is 13.6 Å². The molecule has 3 N–H and O–H groups in total. The van der Waals surface area contributed by atoms with Crippen LogP contribution in [0.25, 0.3) is 0 Å². The van der Waals surface area contributed by atoms with Gasteiger partial charge in [-0.15, -0.1) is 11.3 Å². The summed E-state index contributed by atoms with van der Waals surface area (Å²) in [6.45, 7) is 2.37. The molecule has 0 fully saturated rings. The maximum atomic E-state index is 11.9. The Kier molecular flexibility index (Phi) is 5.80. The number of hydrogen-bond donors (Lipinski definition) is 3. The van der Waals surface area contributed by atoms with Gasteiger partial charge in [-0.2, -0.15) is 0 Å². The summed E-state index contributed by atoms with van der Waals surface area (Å²) in [6, 6.07) is 3.23. The van der Waals surface area contributed by atoms with Crippen LogP contribution < -0.4 is 10.6 Å². The first-order chi connectivity index (χ1) is 8.54. The van der Waals surface area contributed by atoms with Gasteiger partial charge in [0.25, 0.3) is 0 Å². The Morgan fingerprint density at radius 3 is 2.72 bits per heavy atom. The zero-order valence-corrected chi connectivity index (χ0v) is 11.3. The molecule has 100 valence electrons. The van der Waals surface area contributed by atoms with Crippen LogP contribution in [0.2, 0.25) is 0 Å². The Balaban J connectivity index is 2.67. The van der Waals surface area contributed by atoms with Gasteiger partial charge in [0.1, 0.15) is 0 Å². The fourth-order valence-corrected chi connectivity index (χ4v) is 2.38. The third-order valence-corrected chi connectivity index (χ3v) is 3.53. The molecule has 6 heteroatoms. The molecule has 0 radical (unpaired) electrons. The molecule has 0 aromatic carbocycles. The molecule has 1 aromatic rings. The first kappa shape index (κ1) is 14.7. The van der Waals surface area contributed by atoms with Crippen LogP contribution in [0.3, 0.4) is 0 Å². The summed E-state index contributed by atoms with van der Waals surface area (Å²) < 4.78 is 0. The van der Waals surface area contributed by atoms with Crippen molar-refractivity contribution < 1.29 is 14.7 Å². The molecule has 0 aliphatic heterocycles. The van der Waals surface area contributed by atoms with E-state index in [9.17, 15) is 9.59 Å². The van der Waals surface area contributed by atoms with Gasteiger partial charge in [-0.3, -0.25) is 9.59 Å². The first-order valence-corrected chi connectivity index (χ1v) is 6.62. The van der Waals surface area contributed by atoms with Gasteiger partial charge >= 0.3 is 5.97 Å². The second kappa shape index (κ2) is 7.13. The Morgan fingerprint density at radius 2 is 2.22 bits per heavy atom. The largest absolute Gasteiger partial charge is 0.481 e. The minimum Gasteiger partial charge on any atom is -0.481 e. The molecule has 18 heavy (non-hydrogen) atoms. The normalized spacial score (nSPS) is 13.9. The van der Waals surface area contributed by atoms with E-state index >= 15 is 0 Å². The fourth-order valence-electron chi connectivity index (χ4n) is 1.60. The number of carbonyl (C=O) groups excluding carboxylic acids is 1. The van der Waals surface area contributed by atoms with Crippen LogP contribution in [-0.4, -0.2) is 30.6 Å². The van der Waals surface area contributed by atoms with Crippen molar-refractivity contribution in [3.63, 3.8) is 0 Å². The maximum Gasteiger partial charge on any atom is 0.305 e. The lowest BCUT2D eigenvalue weighted by Crippen LogP contribution is -2.37. The molecule has 1 amide bonds. The van der Waals surface area contributed by atoms with Crippen LogP contribution in [-0.2, 0) is 9.59 Å². The van der Waals surface area contributed by atoms with E-state index in [2.05, 4.69) is 10.6 Å². The Labute approximate surface area is 110 Å². The number of thiophene rings is 1. The van der Waals surface area contributed by atoms with Gasteiger partial charge in [-0.1, -0.05) is 13.0 Å². The van der Waals surface area contributed by atoms with Crippen molar-refractivity contribution in [1.29, 1.82) is 0 Å². The number of hydrogen-bond acceptors (Lipinski definition) is 4. The molecule has 1 heterocycles. The van der Waals surface area contributed by atoms with Crippen molar-refractivity contribution in [2.24, 2.45) is 5.92 Å². The third-order valence-electron chi connectivity index (χ3n) is 2.54. The lowest BCUT2D eigenvalue weighted by Gasteiger charge is -2.18. The van der Waals surface area contributed by atoms with Crippen LogP contribution in [0, 0.1) is 5.92 Å². The molecule has 0 saturated heterocycles. The summed E-state index contributed by atoms with van der Waals surface area (Å²) >= 11 is 1.45. The van der Waals surface area contributed by atoms with Crippen LogP contribution in [0.1, 0.15) is 24.3 Å². The predicted molar refractivity (Wildman–Crippen MR) is 70.5 cm³/mol. The average Bonchev–Trinajstić information content (AvgIpc) is 2.81. The Bertz CT molecular complexity index is 392. The minimum absolute atomic E-state index is 0.0987. The van der Waals surface area contributed by atoms with Gasteiger partial charge in [0, 0.05) is 17.3 Å². The van der Waals surface area contributed by atoms with Crippen molar-refractivity contribution in [3.05, 3.63) is 22.4 Å². The van der Waals surface area contributed by atoms with Gasteiger partial charge in [0.05, 0.1) is 12.5 Å². The molecule has 1 aromatic heterocycles. The summed E-state index contributed by atoms with van der Waals surface area (Å²) in [5.41, 5.74) is 0. The highest BCUT2D eigenvalue weighted by atomic mass is 32.1.